The Labute approximate surface area is 196 Å². The van der Waals surface area contributed by atoms with E-state index in [1.165, 1.54) is 35.5 Å². The van der Waals surface area contributed by atoms with Gasteiger partial charge in [0.2, 0.25) is 11.8 Å². The maximum absolute atomic E-state index is 13.1. The van der Waals surface area contributed by atoms with E-state index >= 15 is 0 Å². The van der Waals surface area contributed by atoms with Crippen LogP contribution in [0.25, 0.3) is 0 Å². The van der Waals surface area contributed by atoms with E-state index in [1.807, 2.05) is 22.9 Å². The molecule has 2 N–H and O–H groups in total. The van der Waals surface area contributed by atoms with Crippen LogP contribution in [0.1, 0.15) is 43.4 Å². The van der Waals surface area contributed by atoms with Gasteiger partial charge in [0, 0.05) is 29.5 Å². The number of thiazole rings is 1. The second-order valence-electron chi connectivity index (χ2n) is 8.33. The summed E-state index contributed by atoms with van der Waals surface area (Å²) < 4.78 is 0. The Hall–Kier alpha value is -2.46. The summed E-state index contributed by atoms with van der Waals surface area (Å²) in [7, 11) is 0. The van der Waals surface area contributed by atoms with Crippen molar-refractivity contribution in [3.05, 3.63) is 34.0 Å². The maximum Gasteiger partial charge on any atom is 0.318 e. The second kappa shape index (κ2) is 10.9. The topological polar surface area (TPSA) is 94.6 Å². The number of anilines is 1. The monoisotopic (exact) mass is 475 g/mol. The van der Waals surface area contributed by atoms with E-state index in [9.17, 15) is 14.4 Å². The zero-order valence-electron chi connectivity index (χ0n) is 18.0. The first-order valence-corrected chi connectivity index (χ1v) is 12.9. The van der Waals surface area contributed by atoms with Crippen LogP contribution in [0.3, 0.4) is 0 Å². The molecule has 1 atom stereocenters. The molecule has 1 aliphatic carbocycles. The normalized spacial score (nSPS) is 18.4. The van der Waals surface area contributed by atoms with E-state index < -0.39 is 6.04 Å². The van der Waals surface area contributed by atoms with Crippen molar-refractivity contribution in [3.63, 3.8) is 0 Å². The van der Waals surface area contributed by atoms with E-state index in [0.717, 1.165) is 17.7 Å². The van der Waals surface area contributed by atoms with E-state index in [-0.39, 0.29) is 24.4 Å². The molecular formula is C22H29N5O3S2. The van der Waals surface area contributed by atoms with Crippen molar-refractivity contribution < 1.29 is 14.4 Å². The fourth-order valence-corrected chi connectivity index (χ4v) is 5.64. The highest BCUT2D eigenvalue weighted by Crippen LogP contribution is 2.30. The summed E-state index contributed by atoms with van der Waals surface area (Å²) in [5.74, 6) is 0.0720. The Kier molecular flexibility index (Phi) is 7.75. The van der Waals surface area contributed by atoms with Crippen LogP contribution < -0.4 is 10.6 Å². The zero-order chi connectivity index (χ0) is 22.3. The molecule has 0 aromatic carbocycles. The number of hydrogen-bond donors (Lipinski definition) is 2. The lowest BCUT2D eigenvalue weighted by molar-refractivity contribution is -0.142. The first kappa shape index (κ1) is 22.7. The summed E-state index contributed by atoms with van der Waals surface area (Å²) in [5, 5.41) is 10.1. The molecule has 4 rings (SSSR count). The first-order chi connectivity index (χ1) is 15.6. The standard InChI is InChI=1S/C22H29N5O3S2/c28-19-15-26(22(30)24-14-17-7-4-11-31-17)9-10-27(19)18(13-16-5-2-1-3-6-16)20(29)25-21-23-8-12-32-21/h4,7-8,11-12,16,18H,1-3,5-6,9-10,13-15H2,(H,24,30)(H,23,25,29)/t18-/m0/s1. The van der Waals surface area contributed by atoms with Gasteiger partial charge in [0.1, 0.15) is 12.6 Å². The molecule has 0 spiro atoms. The molecular weight excluding hydrogens is 446 g/mol. The summed E-state index contributed by atoms with van der Waals surface area (Å²) >= 11 is 2.94. The Morgan fingerprint density at radius 3 is 2.69 bits per heavy atom. The van der Waals surface area contributed by atoms with Crippen LogP contribution in [0, 0.1) is 5.92 Å². The lowest BCUT2D eigenvalue weighted by atomic mass is 9.84. The summed E-state index contributed by atoms with van der Waals surface area (Å²) in [4.78, 5) is 47.1. The van der Waals surface area contributed by atoms with Gasteiger partial charge in [0.05, 0.1) is 6.54 Å². The molecule has 10 heteroatoms. The molecule has 2 aliphatic rings. The lowest BCUT2D eigenvalue weighted by Crippen LogP contribution is -2.59. The molecule has 1 saturated heterocycles. The highest BCUT2D eigenvalue weighted by molar-refractivity contribution is 7.13. The molecule has 0 bridgehead atoms. The van der Waals surface area contributed by atoms with Gasteiger partial charge in [-0.05, 0) is 23.8 Å². The van der Waals surface area contributed by atoms with Crippen LogP contribution in [-0.4, -0.2) is 58.3 Å². The average Bonchev–Trinajstić information content (AvgIpc) is 3.51. The molecule has 172 valence electrons. The average molecular weight is 476 g/mol. The number of thiophene rings is 1. The van der Waals surface area contributed by atoms with E-state index in [2.05, 4.69) is 15.6 Å². The minimum atomic E-state index is -0.536. The van der Waals surface area contributed by atoms with Crippen LogP contribution in [0.2, 0.25) is 0 Å². The SMILES string of the molecule is O=C(Nc1nccs1)[C@H](CC1CCCCC1)N1CCN(C(=O)NCc2cccs2)CC1=O. The fraction of sp³-hybridized carbons (Fsp3) is 0.545. The van der Waals surface area contributed by atoms with E-state index in [0.29, 0.717) is 37.1 Å². The molecule has 32 heavy (non-hydrogen) atoms. The van der Waals surface area contributed by atoms with Gasteiger partial charge < -0.3 is 20.4 Å². The third-order valence-corrected chi connectivity index (χ3v) is 7.73. The molecule has 3 heterocycles. The van der Waals surface area contributed by atoms with Crippen molar-refractivity contribution in [2.24, 2.45) is 5.92 Å². The van der Waals surface area contributed by atoms with E-state index in [1.54, 1.807) is 22.4 Å². The molecule has 2 fully saturated rings. The van der Waals surface area contributed by atoms with Gasteiger partial charge in [0.25, 0.3) is 0 Å². The maximum atomic E-state index is 13.1. The Balaban J connectivity index is 1.38. The number of urea groups is 1. The predicted octanol–water partition coefficient (Wildman–Crippen LogP) is 3.54. The Morgan fingerprint density at radius 1 is 1.16 bits per heavy atom. The third-order valence-electron chi connectivity index (χ3n) is 6.16. The van der Waals surface area contributed by atoms with Crippen molar-refractivity contribution in [2.75, 3.05) is 25.0 Å². The van der Waals surface area contributed by atoms with Gasteiger partial charge >= 0.3 is 6.03 Å². The molecule has 0 radical (unpaired) electrons. The molecule has 4 amide bonds. The third kappa shape index (κ3) is 5.86. The number of hydrogen-bond acceptors (Lipinski definition) is 6. The molecule has 2 aromatic heterocycles. The van der Waals surface area contributed by atoms with Crippen LogP contribution in [0.15, 0.2) is 29.1 Å². The van der Waals surface area contributed by atoms with Crippen molar-refractivity contribution in [1.82, 2.24) is 20.1 Å². The first-order valence-electron chi connectivity index (χ1n) is 11.1. The van der Waals surface area contributed by atoms with Gasteiger partial charge in [-0.2, -0.15) is 0 Å². The Morgan fingerprint density at radius 2 is 2.00 bits per heavy atom. The number of aromatic nitrogens is 1. The minimum Gasteiger partial charge on any atom is -0.333 e. The number of amides is 4. The number of carbonyl (C=O) groups excluding carboxylic acids is 3. The lowest BCUT2D eigenvalue weighted by Gasteiger charge is -2.39. The number of piperazine rings is 1. The summed E-state index contributed by atoms with van der Waals surface area (Å²) in [5.41, 5.74) is 0. The van der Waals surface area contributed by atoms with Crippen molar-refractivity contribution in [2.45, 2.75) is 51.1 Å². The number of nitrogens with one attached hydrogen (secondary N) is 2. The van der Waals surface area contributed by atoms with Crippen LogP contribution in [0.4, 0.5) is 9.93 Å². The second-order valence-corrected chi connectivity index (χ2v) is 10.3. The van der Waals surface area contributed by atoms with Crippen LogP contribution in [-0.2, 0) is 16.1 Å². The van der Waals surface area contributed by atoms with Gasteiger partial charge in [-0.3, -0.25) is 9.59 Å². The van der Waals surface area contributed by atoms with Crippen molar-refractivity contribution in [3.8, 4) is 0 Å². The molecule has 1 saturated carbocycles. The van der Waals surface area contributed by atoms with Crippen molar-refractivity contribution >= 4 is 45.7 Å². The number of rotatable bonds is 7. The molecule has 1 aliphatic heterocycles. The summed E-state index contributed by atoms with van der Waals surface area (Å²) in [6.45, 7) is 1.20. The van der Waals surface area contributed by atoms with Gasteiger partial charge in [-0.1, -0.05) is 38.2 Å². The fourth-order valence-electron chi connectivity index (χ4n) is 4.47. The van der Waals surface area contributed by atoms with Crippen LogP contribution in [0.5, 0.6) is 0 Å². The van der Waals surface area contributed by atoms with Gasteiger partial charge in [-0.15, -0.1) is 22.7 Å². The smallest absolute Gasteiger partial charge is 0.318 e. The van der Waals surface area contributed by atoms with E-state index in [4.69, 9.17) is 0 Å². The molecule has 0 unspecified atom stereocenters. The van der Waals surface area contributed by atoms with Gasteiger partial charge in [0.15, 0.2) is 5.13 Å². The number of carbonyl (C=O) groups is 3. The summed E-state index contributed by atoms with van der Waals surface area (Å²) in [6, 6.07) is 3.12. The van der Waals surface area contributed by atoms with Crippen molar-refractivity contribution in [1.29, 1.82) is 0 Å². The molecule has 8 nitrogen and oxygen atoms in total. The quantitative estimate of drug-likeness (QED) is 0.640. The molecule has 2 aromatic rings. The Bertz CT molecular complexity index is 897. The number of nitrogens with zero attached hydrogens (tertiary/aromatic N) is 3. The predicted molar refractivity (Wildman–Crippen MR) is 126 cm³/mol. The highest BCUT2D eigenvalue weighted by atomic mass is 32.1. The zero-order valence-corrected chi connectivity index (χ0v) is 19.6. The van der Waals surface area contributed by atoms with Crippen LogP contribution >= 0.6 is 22.7 Å². The highest BCUT2D eigenvalue weighted by Gasteiger charge is 2.37. The summed E-state index contributed by atoms with van der Waals surface area (Å²) in [6.07, 6.45) is 8.10. The largest absolute Gasteiger partial charge is 0.333 e. The minimum absolute atomic E-state index is 0.0119. The van der Waals surface area contributed by atoms with Gasteiger partial charge in [-0.25, -0.2) is 9.78 Å².